The van der Waals surface area contributed by atoms with Crippen molar-refractivity contribution in [1.29, 1.82) is 0 Å². The first-order valence-corrected chi connectivity index (χ1v) is 7.18. The van der Waals surface area contributed by atoms with Crippen LogP contribution < -0.4 is 5.73 Å². The van der Waals surface area contributed by atoms with Crippen molar-refractivity contribution in [1.82, 2.24) is 0 Å². The van der Waals surface area contributed by atoms with Gasteiger partial charge in [0.25, 0.3) is 0 Å². The van der Waals surface area contributed by atoms with Gasteiger partial charge in [0.05, 0.1) is 5.92 Å². The number of hydrogen-bond donors (Lipinski definition) is 1. The quantitative estimate of drug-likeness (QED) is 0.340. The maximum atomic E-state index is 11.7. The van der Waals surface area contributed by atoms with Crippen molar-refractivity contribution < 1.29 is 14.5 Å². The van der Waals surface area contributed by atoms with Gasteiger partial charge < -0.3 is 10.5 Å². The smallest absolute Gasteiger partial charge is 0.313 e. The van der Waals surface area contributed by atoms with Crippen molar-refractivity contribution in [2.24, 2.45) is 23.5 Å². The van der Waals surface area contributed by atoms with Gasteiger partial charge >= 0.3 is 5.97 Å². The Hall–Kier alpha value is -1.43. The first-order valence-electron chi connectivity index (χ1n) is 7.18. The molecule has 6 heteroatoms. The van der Waals surface area contributed by atoms with E-state index in [2.05, 4.69) is 5.73 Å². The van der Waals surface area contributed by atoms with Crippen LogP contribution in [-0.4, -0.2) is 30.1 Å². The standard InChI is InChI=1S/C13H17NO4.CH5N/c1-7-11-5-8-2-3-10(14(16)17)4-9(8)6-12(11)13(15)18-7;1-2/h6-8,10-12H,2-5H2,1H3;2H2,1H3. The minimum Gasteiger partial charge on any atom is -0.462 e. The molecule has 5 unspecified atom stereocenters. The Kier molecular flexibility index (Phi) is 4.42. The molecule has 5 atom stereocenters. The zero-order chi connectivity index (χ0) is 14.9. The molecule has 0 radical (unpaired) electrons. The van der Waals surface area contributed by atoms with E-state index < -0.39 is 6.04 Å². The molecule has 0 amide bonds. The van der Waals surface area contributed by atoms with Crippen LogP contribution in [0.2, 0.25) is 0 Å². The van der Waals surface area contributed by atoms with E-state index >= 15 is 0 Å². The maximum Gasteiger partial charge on any atom is 0.313 e. The van der Waals surface area contributed by atoms with E-state index in [9.17, 15) is 14.9 Å². The highest BCUT2D eigenvalue weighted by Crippen LogP contribution is 2.46. The van der Waals surface area contributed by atoms with E-state index in [4.69, 9.17) is 4.74 Å². The van der Waals surface area contributed by atoms with Crippen molar-refractivity contribution in [2.75, 3.05) is 7.05 Å². The van der Waals surface area contributed by atoms with Crippen LogP contribution in [0.15, 0.2) is 11.6 Å². The Morgan fingerprint density at radius 1 is 1.40 bits per heavy atom. The first kappa shape index (κ1) is 15.0. The molecular formula is C14H22N2O4. The van der Waals surface area contributed by atoms with Crippen LogP contribution in [0.3, 0.4) is 0 Å². The second-order valence-corrected chi connectivity index (χ2v) is 5.73. The van der Waals surface area contributed by atoms with Gasteiger partial charge in [-0.3, -0.25) is 14.9 Å². The molecule has 0 aromatic heterocycles. The minimum absolute atomic E-state index is 0.00598. The molecule has 112 valence electrons. The van der Waals surface area contributed by atoms with E-state index in [1.165, 1.54) is 7.05 Å². The third kappa shape index (κ3) is 2.57. The number of fused-ring (bicyclic) bond motifs is 2. The summed E-state index contributed by atoms with van der Waals surface area (Å²) < 4.78 is 5.27. The summed E-state index contributed by atoms with van der Waals surface area (Å²) in [6.45, 7) is 1.95. The van der Waals surface area contributed by atoms with E-state index in [-0.39, 0.29) is 28.8 Å². The van der Waals surface area contributed by atoms with Gasteiger partial charge in [0.2, 0.25) is 6.04 Å². The highest BCUT2D eigenvalue weighted by molar-refractivity contribution is 5.77. The molecule has 2 fully saturated rings. The number of nitro groups is 1. The fourth-order valence-electron chi connectivity index (χ4n) is 3.68. The monoisotopic (exact) mass is 282 g/mol. The average Bonchev–Trinajstić information content (AvgIpc) is 2.73. The number of rotatable bonds is 1. The summed E-state index contributed by atoms with van der Waals surface area (Å²) in [5.74, 6) is 0.399. The number of ether oxygens (including phenoxy) is 1. The van der Waals surface area contributed by atoms with E-state index in [0.29, 0.717) is 18.8 Å². The van der Waals surface area contributed by atoms with E-state index in [1.54, 1.807) is 0 Å². The zero-order valence-electron chi connectivity index (χ0n) is 12.0. The molecule has 2 N–H and O–H groups in total. The zero-order valence-corrected chi connectivity index (χ0v) is 12.0. The summed E-state index contributed by atoms with van der Waals surface area (Å²) in [7, 11) is 1.50. The maximum absolute atomic E-state index is 11.7. The van der Waals surface area contributed by atoms with Gasteiger partial charge in [-0.05, 0) is 32.7 Å². The van der Waals surface area contributed by atoms with Gasteiger partial charge in [0.1, 0.15) is 6.10 Å². The molecule has 6 nitrogen and oxygen atoms in total. The Morgan fingerprint density at radius 2 is 2.10 bits per heavy atom. The SMILES string of the molecule is CC1OC(=O)C2C=C3CC([N+](=O)[O-])CCC3CC12.CN. The molecule has 1 aliphatic heterocycles. The van der Waals surface area contributed by atoms with Crippen LogP contribution in [0.4, 0.5) is 0 Å². The number of carbonyl (C=O) groups excluding carboxylic acids is 1. The predicted molar refractivity (Wildman–Crippen MR) is 73.5 cm³/mol. The van der Waals surface area contributed by atoms with Gasteiger partial charge in [-0.25, -0.2) is 0 Å². The number of carbonyl (C=O) groups is 1. The fourth-order valence-corrected chi connectivity index (χ4v) is 3.68. The average molecular weight is 282 g/mol. The number of esters is 1. The lowest BCUT2D eigenvalue weighted by atomic mass is 9.68. The number of nitrogens with two attached hydrogens (primary N) is 1. The van der Waals surface area contributed by atoms with Crippen LogP contribution in [0, 0.1) is 27.9 Å². The van der Waals surface area contributed by atoms with E-state index in [0.717, 1.165) is 18.4 Å². The molecule has 1 heterocycles. The summed E-state index contributed by atoms with van der Waals surface area (Å²) in [5.41, 5.74) is 5.62. The molecule has 20 heavy (non-hydrogen) atoms. The molecule has 0 aromatic carbocycles. The lowest BCUT2D eigenvalue weighted by Gasteiger charge is -2.34. The fraction of sp³-hybridized carbons (Fsp3) is 0.786. The predicted octanol–water partition coefficient (Wildman–Crippen LogP) is 1.51. The highest BCUT2D eigenvalue weighted by atomic mass is 16.6. The van der Waals surface area contributed by atoms with Gasteiger partial charge in [-0.1, -0.05) is 11.6 Å². The third-order valence-electron chi connectivity index (χ3n) is 4.73. The molecular weight excluding hydrogens is 260 g/mol. The molecule has 1 saturated heterocycles. The Bertz CT molecular complexity index is 435. The second-order valence-electron chi connectivity index (χ2n) is 5.73. The van der Waals surface area contributed by atoms with Crippen LogP contribution in [0.1, 0.15) is 32.6 Å². The van der Waals surface area contributed by atoms with Crippen LogP contribution in [0.5, 0.6) is 0 Å². The summed E-state index contributed by atoms with van der Waals surface area (Å²) >= 11 is 0. The van der Waals surface area contributed by atoms with Gasteiger partial charge in [-0.2, -0.15) is 0 Å². The topological polar surface area (TPSA) is 95.5 Å². The van der Waals surface area contributed by atoms with Gasteiger partial charge in [-0.15, -0.1) is 0 Å². The normalized spacial score (nSPS) is 38.6. The molecule has 1 saturated carbocycles. The van der Waals surface area contributed by atoms with Crippen molar-refractivity contribution in [3.05, 3.63) is 21.8 Å². The van der Waals surface area contributed by atoms with E-state index in [1.807, 2.05) is 13.0 Å². The van der Waals surface area contributed by atoms with Crippen molar-refractivity contribution in [2.45, 2.75) is 44.8 Å². The molecule has 3 rings (SSSR count). The van der Waals surface area contributed by atoms with Crippen LogP contribution in [-0.2, 0) is 9.53 Å². The van der Waals surface area contributed by atoms with Crippen molar-refractivity contribution >= 4 is 5.97 Å². The highest BCUT2D eigenvalue weighted by Gasteiger charge is 2.47. The number of cyclic esters (lactones) is 1. The Morgan fingerprint density at radius 3 is 2.75 bits per heavy atom. The Balaban J connectivity index is 0.000000704. The van der Waals surface area contributed by atoms with Gasteiger partial charge in [0, 0.05) is 23.7 Å². The Labute approximate surface area is 118 Å². The summed E-state index contributed by atoms with van der Waals surface area (Å²) in [6.07, 6.45) is 4.97. The van der Waals surface area contributed by atoms with Crippen LogP contribution >= 0.6 is 0 Å². The molecule has 2 aliphatic carbocycles. The van der Waals surface area contributed by atoms with Gasteiger partial charge in [0.15, 0.2) is 0 Å². The summed E-state index contributed by atoms with van der Waals surface area (Å²) in [6, 6.07) is -0.459. The van der Waals surface area contributed by atoms with Crippen molar-refractivity contribution in [3.8, 4) is 0 Å². The molecule has 0 aromatic rings. The number of nitrogens with zero attached hydrogens (tertiary/aromatic N) is 1. The molecule has 0 spiro atoms. The summed E-state index contributed by atoms with van der Waals surface area (Å²) in [4.78, 5) is 22.4. The minimum atomic E-state index is -0.459. The molecule has 0 bridgehead atoms. The summed E-state index contributed by atoms with van der Waals surface area (Å²) in [5, 5.41) is 10.9. The second kappa shape index (κ2) is 5.91. The van der Waals surface area contributed by atoms with Crippen molar-refractivity contribution in [3.63, 3.8) is 0 Å². The first-order chi connectivity index (χ1) is 9.56. The number of hydrogen-bond acceptors (Lipinski definition) is 5. The van der Waals surface area contributed by atoms with Crippen LogP contribution in [0.25, 0.3) is 0 Å². The lowest BCUT2D eigenvalue weighted by molar-refractivity contribution is -0.524. The third-order valence-corrected chi connectivity index (χ3v) is 4.73. The largest absolute Gasteiger partial charge is 0.462 e. The lowest BCUT2D eigenvalue weighted by Crippen LogP contribution is -2.34. The molecule has 3 aliphatic rings.